The predicted octanol–water partition coefficient (Wildman–Crippen LogP) is 6.55. The lowest BCUT2D eigenvalue weighted by molar-refractivity contribution is -0.115. The normalized spacial score (nSPS) is 11.6. The lowest BCUT2D eigenvalue weighted by Gasteiger charge is -2.15. The van der Waals surface area contributed by atoms with Gasteiger partial charge in [-0.15, -0.1) is 11.8 Å². The summed E-state index contributed by atoms with van der Waals surface area (Å²) >= 11 is 1.36. The van der Waals surface area contributed by atoms with Gasteiger partial charge in [-0.05, 0) is 74.0 Å². The van der Waals surface area contributed by atoms with Crippen LogP contribution in [0.4, 0.5) is 11.4 Å². The minimum absolute atomic E-state index is 0.0293. The van der Waals surface area contributed by atoms with E-state index in [2.05, 4.69) is 16.0 Å². The number of carbonyl (C=O) groups is 3. The van der Waals surface area contributed by atoms with Gasteiger partial charge in [0.1, 0.15) is 11.4 Å². The molecule has 0 aliphatic rings. The molecule has 0 spiro atoms. The number of nitrogens with one attached hydrogen (secondary N) is 3. The van der Waals surface area contributed by atoms with Gasteiger partial charge in [-0.25, -0.2) is 0 Å². The topological polar surface area (TPSA) is 115 Å². The van der Waals surface area contributed by atoms with Crippen molar-refractivity contribution in [2.45, 2.75) is 24.0 Å². The molecule has 3 amide bonds. The van der Waals surface area contributed by atoms with Crippen molar-refractivity contribution in [1.82, 2.24) is 5.32 Å². The second-order valence-corrected chi connectivity index (χ2v) is 11.3. The van der Waals surface area contributed by atoms with Crippen LogP contribution in [0.2, 0.25) is 0 Å². The first-order valence-electron chi connectivity index (χ1n) is 14.0. The fourth-order valence-electron chi connectivity index (χ4n) is 4.33. The third-order valence-corrected chi connectivity index (χ3v) is 7.72. The summed E-state index contributed by atoms with van der Waals surface area (Å²) in [5.74, 6) is 0.101. The van der Waals surface area contributed by atoms with Gasteiger partial charge in [0.05, 0.1) is 26.6 Å². The Morgan fingerprint density at radius 2 is 1.38 bits per heavy atom. The van der Waals surface area contributed by atoms with Crippen molar-refractivity contribution in [3.8, 4) is 17.2 Å². The molecule has 1 atom stereocenters. The van der Waals surface area contributed by atoms with Gasteiger partial charge in [0, 0.05) is 33.5 Å². The van der Waals surface area contributed by atoms with E-state index >= 15 is 0 Å². The van der Waals surface area contributed by atoms with Crippen LogP contribution in [-0.4, -0.2) is 44.3 Å². The van der Waals surface area contributed by atoms with Crippen molar-refractivity contribution < 1.29 is 28.6 Å². The number of anilines is 2. The number of amides is 3. The lowest BCUT2D eigenvalue weighted by atomic mass is 10.1. The van der Waals surface area contributed by atoms with Gasteiger partial charge in [-0.2, -0.15) is 0 Å². The van der Waals surface area contributed by atoms with Gasteiger partial charge in [-0.1, -0.05) is 36.4 Å². The summed E-state index contributed by atoms with van der Waals surface area (Å²) in [7, 11) is 4.50. The maximum absolute atomic E-state index is 13.7. The van der Waals surface area contributed by atoms with Crippen LogP contribution in [0.5, 0.6) is 17.2 Å². The van der Waals surface area contributed by atoms with E-state index in [1.54, 1.807) is 60.7 Å². The molecule has 9 nitrogen and oxygen atoms in total. The van der Waals surface area contributed by atoms with E-state index in [9.17, 15) is 14.4 Å². The molecule has 3 N–H and O–H groups in total. The number of rotatable bonds is 12. The minimum atomic E-state index is -0.566. The standard InChI is InChI=1S/C35H35N3O6S/c1-22-11-9-14-26(17-22)36-33(39)23(2)45-28-16-10-15-27(20-28)37-35(41)29(38-34(40)24-12-7-6-8-13-24)18-25-19-31(43-4)32(44-5)21-30(25)42-3/h6-21,23H,1-5H3,(H,36,39)(H,37,41)(H,38,40)/b29-18+. The molecule has 0 aromatic heterocycles. The molecular weight excluding hydrogens is 590 g/mol. The summed E-state index contributed by atoms with van der Waals surface area (Å²) in [5, 5.41) is 8.13. The highest BCUT2D eigenvalue weighted by Gasteiger charge is 2.19. The molecule has 4 rings (SSSR count). The van der Waals surface area contributed by atoms with E-state index < -0.39 is 17.1 Å². The molecule has 0 saturated heterocycles. The summed E-state index contributed by atoms with van der Waals surface area (Å²) in [6.45, 7) is 3.78. The zero-order valence-corrected chi connectivity index (χ0v) is 26.5. The zero-order valence-electron chi connectivity index (χ0n) is 25.7. The molecule has 4 aromatic rings. The van der Waals surface area contributed by atoms with Crippen LogP contribution < -0.4 is 30.2 Å². The van der Waals surface area contributed by atoms with Crippen molar-refractivity contribution in [2.24, 2.45) is 0 Å². The largest absolute Gasteiger partial charge is 0.496 e. The first kappa shape index (κ1) is 32.7. The maximum atomic E-state index is 13.7. The Labute approximate surface area is 267 Å². The fourth-order valence-corrected chi connectivity index (χ4v) is 5.26. The van der Waals surface area contributed by atoms with Crippen LogP contribution in [0, 0.1) is 6.92 Å². The zero-order chi connectivity index (χ0) is 32.3. The number of hydrogen-bond acceptors (Lipinski definition) is 7. The molecular formula is C35H35N3O6S. The van der Waals surface area contributed by atoms with E-state index in [4.69, 9.17) is 14.2 Å². The second kappa shape index (κ2) is 15.5. The quantitative estimate of drug-likeness (QED) is 0.121. The Kier molecular flexibility index (Phi) is 11.3. The molecule has 0 aliphatic carbocycles. The second-order valence-electron chi connectivity index (χ2n) is 9.93. The van der Waals surface area contributed by atoms with Gasteiger partial charge in [-0.3, -0.25) is 14.4 Å². The number of carbonyl (C=O) groups excluding carboxylic acids is 3. The van der Waals surface area contributed by atoms with Gasteiger partial charge < -0.3 is 30.2 Å². The Bertz CT molecular complexity index is 1710. The van der Waals surface area contributed by atoms with Crippen LogP contribution in [0.15, 0.2) is 102 Å². The van der Waals surface area contributed by atoms with E-state index in [0.717, 1.165) is 16.1 Å². The number of thioether (sulfide) groups is 1. The molecule has 10 heteroatoms. The Balaban J connectivity index is 1.57. The van der Waals surface area contributed by atoms with Crippen molar-refractivity contribution >= 4 is 46.9 Å². The van der Waals surface area contributed by atoms with Gasteiger partial charge in [0.2, 0.25) is 5.91 Å². The number of benzene rings is 4. The molecule has 0 heterocycles. The summed E-state index contributed by atoms with van der Waals surface area (Å²) in [6, 6.07) is 26.6. The van der Waals surface area contributed by atoms with Crippen molar-refractivity contribution in [3.05, 3.63) is 113 Å². The number of methoxy groups -OCH3 is 3. The number of ether oxygens (including phenoxy) is 3. The Morgan fingerprint density at radius 3 is 2.04 bits per heavy atom. The van der Waals surface area contributed by atoms with E-state index in [-0.39, 0.29) is 11.6 Å². The summed E-state index contributed by atoms with van der Waals surface area (Å²) in [5.41, 5.74) is 3.10. The molecule has 232 valence electrons. The number of hydrogen-bond donors (Lipinski definition) is 3. The summed E-state index contributed by atoms with van der Waals surface area (Å²) < 4.78 is 16.3. The molecule has 0 fully saturated rings. The highest BCUT2D eigenvalue weighted by atomic mass is 32.2. The number of aryl methyl sites for hydroxylation is 1. The van der Waals surface area contributed by atoms with Gasteiger partial charge in [0.15, 0.2) is 11.5 Å². The predicted molar refractivity (Wildman–Crippen MR) is 178 cm³/mol. The Hall–Kier alpha value is -5.22. The van der Waals surface area contributed by atoms with Crippen molar-refractivity contribution in [3.63, 3.8) is 0 Å². The molecule has 1 unspecified atom stereocenters. The minimum Gasteiger partial charge on any atom is -0.496 e. The maximum Gasteiger partial charge on any atom is 0.272 e. The van der Waals surface area contributed by atoms with E-state index in [1.807, 2.05) is 44.2 Å². The third kappa shape index (κ3) is 8.90. The van der Waals surface area contributed by atoms with Gasteiger partial charge >= 0.3 is 0 Å². The lowest BCUT2D eigenvalue weighted by Crippen LogP contribution is -2.30. The van der Waals surface area contributed by atoms with Crippen LogP contribution in [0.3, 0.4) is 0 Å². The van der Waals surface area contributed by atoms with E-state index in [1.165, 1.54) is 39.2 Å². The third-order valence-electron chi connectivity index (χ3n) is 6.62. The monoisotopic (exact) mass is 625 g/mol. The average molecular weight is 626 g/mol. The smallest absolute Gasteiger partial charge is 0.272 e. The highest BCUT2D eigenvalue weighted by molar-refractivity contribution is 8.00. The van der Waals surface area contributed by atoms with Gasteiger partial charge in [0.25, 0.3) is 11.8 Å². The highest BCUT2D eigenvalue weighted by Crippen LogP contribution is 2.36. The van der Waals surface area contributed by atoms with Crippen LogP contribution in [0.25, 0.3) is 6.08 Å². The van der Waals surface area contributed by atoms with Crippen molar-refractivity contribution in [2.75, 3.05) is 32.0 Å². The van der Waals surface area contributed by atoms with E-state index in [0.29, 0.717) is 34.1 Å². The first-order chi connectivity index (χ1) is 21.7. The molecule has 0 radical (unpaired) electrons. The molecule has 0 bridgehead atoms. The Morgan fingerprint density at radius 1 is 0.733 bits per heavy atom. The van der Waals surface area contributed by atoms with Crippen LogP contribution >= 0.6 is 11.8 Å². The van der Waals surface area contributed by atoms with Crippen molar-refractivity contribution in [1.29, 1.82) is 0 Å². The summed E-state index contributed by atoms with van der Waals surface area (Å²) in [4.78, 5) is 40.4. The van der Waals surface area contributed by atoms with Crippen LogP contribution in [0.1, 0.15) is 28.4 Å². The molecule has 45 heavy (non-hydrogen) atoms. The molecule has 0 aliphatic heterocycles. The first-order valence-corrected chi connectivity index (χ1v) is 14.9. The SMILES string of the molecule is COc1cc(OC)c(OC)cc1/C=C(/NC(=O)c1ccccc1)C(=O)Nc1cccc(SC(C)C(=O)Nc2cccc(C)c2)c1. The molecule has 4 aromatic carbocycles. The molecule has 0 saturated carbocycles. The van der Waals surface area contributed by atoms with Crippen LogP contribution in [-0.2, 0) is 9.59 Å². The average Bonchev–Trinajstić information content (AvgIpc) is 3.04. The summed E-state index contributed by atoms with van der Waals surface area (Å²) in [6.07, 6.45) is 1.51. The fraction of sp³-hybridized carbons (Fsp3) is 0.171.